The van der Waals surface area contributed by atoms with Crippen LogP contribution in [0.25, 0.3) is 0 Å². The second-order valence-corrected chi connectivity index (χ2v) is 9.93. The summed E-state index contributed by atoms with van der Waals surface area (Å²) in [5.41, 5.74) is 0. The van der Waals surface area contributed by atoms with Gasteiger partial charge in [-0.3, -0.25) is 9.59 Å². The summed E-state index contributed by atoms with van der Waals surface area (Å²) in [5, 5.41) is 8.72. The van der Waals surface area contributed by atoms with Gasteiger partial charge >= 0.3 is 11.9 Å². The summed E-state index contributed by atoms with van der Waals surface area (Å²) in [4.78, 5) is 22.9. The van der Waals surface area contributed by atoms with E-state index >= 15 is 0 Å². The Morgan fingerprint density at radius 3 is 1.86 bits per heavy atom. The summed E-state index contributed by atoms with van der Waals surface area (Å²) in [6.07, 6.45) is 34.7. The number of rotatable bonds is 26. The molecule has 1 atom stereocenters. The number of allylic oxidation sites excluding steroid dienone is 5. The van der Waals surface area contributed by atoms with E-state index in [0.717, 1.165) is 70.6 Å². The van der Waals surface area contributed by atoms with Crippen LogP contribution in [0.4, 0.5) is 0 Å². The number of aliphatic carboxylic acids is 1. The molecule has 1 N–H and O–H groups in total. The lowest BCUT2D eigenvalue weighted by Gasteiger charge is -2.14. The summed E-state index contributed by atoms with van der Waals surface area (Å²) in [7, 11) is 0. The Hall–Kier alpha value is -1.84. The van der Waals surface area contributed by atoms with Crippen LogP contribution in [0, 0.1) is 0 Å². The molecule has 0 aliphatic heterocycles. The van der Waals surface area contributed by atoms with Crippen LogP contribution in [0.1, 0.15) is 149 Å². The van der Waals surface area contributed by atoms with Gasteiger partial charge in [-0.05, 0) is 70.3 Å². The molecular formula is C32H56O4. The van der Waals surface area contributed by atoms with Crippen molar-refractivity contribution >= 4 is 11.9 Å². The van der Waals surface area contributed by atoms with Crippen LogP contribution in [0.5, 0.6) is 0 Å². The summed E-state index contributed by atoms with van der Waals surface area (Å²) < 4.78 is 5.73. The van der Waals surface area contributed by atoms with E-state index in [2.05, 4.69) is 44.2 Å². The van der Waals surface area contributed by atoms with Gasteiger partial charge in [0.15, 0.2) is 0 Å². The maximum atomic E-state index is 12.3. The third-order valence-corrected chi connectivity index (χ3v) is 6.30. The molecule has 0 bridgehead atoms. The first-order chi connectivity index (χ1) is 17.6. The smallest absolute Gasteiger partial charge is 0.306 e. The zero-order chi connectivity index (χ0) is 26.5. The molecule has 0 amide bonds. The first kappa shape index (κ1) is 34.2. The summed E-state index contributed by atoms with van der Waals surface area (Å²) >= 11 is 0. The van der Waals surface area contributed by atoms with Crippen LogP contribution in [0.15, 0.2) is 36.5 Å². The molecular weight excluding hydrogens is 448 g/mol. The highest BCUT2D eigenvalue weighted by Gasteiger charge is 2.11. The number of esters is 1. The zero-order valence-electron chi connectivity index (χ0n) is 23.6. The molecule has 208 valence electrons. The van der Waals surface area contributed by atoms with E-state index in [1.165, 1.54) is 51.4 Å². The van der Waals surface area contributed by atoms with Crippen molar-refractivity contribution in [2.24, 2.45) is 0 Å². The number of hydrogen-bond acceptors (Lipinski definition) is 3. The molecule has 4 nitrogen and oxygen atoms in total. The first-order valence-electron chi connectivity index (χ1n) is 15.0. The van der Waals surface area contributed by atoms with Gasteiger partial charge in [0.05, 0.1) is 0 Å². The average molecular weight is 505 g/mol. The van der Waals surface area contributed by atoms with Crippen LogP contribution in [-0.4, -0.2) is 23.1 Å². The Bertz CT molecular complexity index is 591. The van der Waals surface area contributed by atoms with Crippen LogP contribution in [-0.2, 0) is 14.3 Å². The second kappa shape index (κ2) is 27.7. The number of carboxylic acids is 1. The largest absolute Gasteiger partial charge is 0.481 e. The van der Waals surface area contributed by atoms with E-state index in [1.54, 1.807) is 0 Å². The molecule has 0 rings (SSSR count). The number of carboxylic acid groups (broad SMARTS) is 1. The Balaban J connectivity index is 3.81. The Morgan fingerprint density at radius 1 is 0.639 bits per heavy atom. The quantitative estimate of drug-likeness (QED) is 0.0723. The van der Waals surface area contributed by atoms with Gasteiger partial charge in [-0.2, -0.15) is 0 Å². The van der Waals surface area contributed by atoms with Crippen molar-refractivity contribution in [2.45, 2.75) is 155 Å². The minimum Gasteiger partial charge on any atom is -0.481 e. The van der Waals surface area contributed by atoms with Gasteiger partial charge in [0.2, 0.25) is 0 Å². The summed E-state index contributed by atoms with van der Waals surface area (Å²) in [6, 6.07) is 0. The predicted molar refractivity (Wildman–Crippen MR) is 153 cm³/mol. The van der Waals surface area contributed by atoms with E-state index < -0.39 is 5.97 Å². The Labute approximate surface area is 222 Å². The summed E-state index contributed by atoms with van der Waals surface area (Å²) in [5.74, 6) is -0.818. The van der Waals surface area contributed by atoms with Gasteiger partial charge < -0.3 is 9.84 Å². The van der Waals surface area contributed by atoms with Crippen molar-refractivity contribution in [3.05, 3.63) is 36.5 Å². The molecule has 0 fully saturated rings. The van der Waals surface area contributed by atoms with Gasteiger partial charge in [-0.15, -0.1) is 0 Å². The van der Waals surface area contributed by atoms with Crippen LogP contribution >= 0.6 is 0 Å². The maximum Gasteiger partial charge on any atom is 0.306 e. The van der Waals surface area contributed by atoms with Gasteiger partial charge in [-0.1, -0.05) is 102 Å². The standard InChI is InChI=1S/C32H56O4/c1-3-5-7-8-9-10-11-12-13-14-15-16-17-18-19-25-29-32(35)36-30(26-22-6-4-2)27-23-20-21-24-28-31(33)34/h10-11,13-14,22,26,30H,3-9,12,15-21,23-25,27-29H2,1-2H3,(H,33,34)/b11-10-,14-13-,26-22-. The van der Waals surface area contributed by atoms with Crippen molar-refractivity contribution in [3.63, 3.8) is 0 Å². The molecule has 0 aromatic rings. The molecule has 36 heavy (non-hydrogen) atoms. The second-order valence-electron chi connectivity index (χ2n) is 9.93. The van der Waals surface area contributed by atoms with Crippen LogP contribution < -0.4 is 0 Å². The lowest BCUT2D eigenvalue weighted by atomic mass is 10.1. The minimum absolute atomic E-state index is 0.0895. The van der Waals surface area contributed by atoms with Crippen LogP contribution in [0.3, 0.4) is 0 Å². The van der Waals surface area contributed by atoms with E-state index in [1.807, 2.05) is 6.08 Å². The Morgan fingerprint density at radius 2 is 1.22 bits per heavy atom. The molecule has 0 saturated carbocycles. The maximum absolute atomic E-state index is 12.3. The number of carbonyl (C=O) groups excluding carboxylic acids is 1. The topological polar surface area (TPSA) is 63.6 Å². The third kappa shape index (κ3) is 26.8. The number of unbranched alkanes of at least 4 members (excludes halogenated alkanes) is 13. The SMILES string of the molecule is CCC/C=C\C(CCCCCCC(=O)O)OC(=O)CCCCCCC/C=C\C/C=C\CCCCCC. The van der Waals surface area contributed by atoms with Gasteiger partial charge in [0.25, 0.3) is 0 Å². The Kier molecular flexibility index (Phi) is 26.3. The van der Waals surface area contributed by atoms with Gasteiger partial charge in [0, 0.05) is 12.8 Å². The molecule has 0 aromatic heterocycles. The molecule has 0 aromatic carbocycles. The highest BCUT2D eigenvalue weighted by Crippen LogP contribution is 2.14. The van der Waals surface area contributed by atoms with Crippen molar-refractivity contribution in [1.29, 1.82) is 0 Å². The molecule has 0 aliphatic carbocycles. The molecule has 0 saturated heterocycles. The van der Waals surface area contributed by atoms with E-state index in [4.69, 9.17) is 9.84 Å². The monoisotopic (exact) mass is 504 g/mol. The number of carbonyl (C=O) groups is 2. The highest BCUT2D eigenvalue weighted by atomic mass is 16.5. The first-order valence-corrected chi connectivity index (χ1v) is 15.0. The lowest BCUT2D eigenvalue weighted by Crippen LogP contribution is -2.16. The number of hydrogen-bond donors (Lipinski definition) is 1. The highest BCUT2D eigenvalue weighted by molar-refractivity contribution is 5.69. The fourth-order valence-corrected chi connectivity index (χ4v) is 4.07. The normalized spacial score (nSPS) is 12.7. The van der Waals surface area contributed by atoms with Crippen molar-refractivity contribution in [1.82, 2.24) is 0 Å². The molecule has 0 aliphatic rings. The zero-order valence-corrected chi connectivity index (χ0v) is 23.6. The molecule has 0 heterocycles. The fraction of sp³-hybridized carbons (Fsp3) is 0.750. The molecule has 0 radical (unpaired) electrons. The predicted octanol–water partition coefficient (Wildman–Crippen LogP) is 9.88. The summed E-state index contributed by atoms with van der Waals surface area (Å²) in [6.45, 7) is 4.39. The van der Waals surface area contributed by atoms with E-state index in [9.17, 15) is 9.59 Å². The van der Waals surface area contributed by atoms with Gasteiger partial charge in [-0.25, -0.2) is 0 Å². The van der Waals surface area contributed by atoms with Crippen molar-refractivity contribution in [3.8, 4) is 0 Å². The molecule has 0 spiro atoms. The molecule has 1 unspecified atom stereocenters. The van der Waals surface area contributed by atoms with Crippen LogP contribution in [0.2, 0.25) is 0 Å². The number of ether oxygens (including phenoxy) is 1. The molecule has 4 heteroatoms. The van der Waals surface area contributed by atoms with Crippen molar-refractivity contribution in [2.75, 3.05) is 0 Å². The average Bonchev–Trinajstić information content (AvgIpc) is 2.85. The van der Waals surface area contributed by atoms with E-state index in [-0.39, 0.29) is 18.5 Å². The van der Waals surface area contributed by atoms with Crippen molar-refractivity contribution < 1.29 is 19.4 Å². The van der Waals surface area contributed by atoms with Gasteiger partial charge in [0.1, 0.15) is 6.10 Å². The third-order valence-electron chi connectivity index (χ3n) is 6.30. The fourth-order valence-electron chi connectivity index (χ4n) is 4.07. The lowest BCUT2D eigenvalue weighted by molar-refractivity contribution is -0.147. The van der Waals surface area contributed by atoms with E-state index in [0.29, 0.717) is 6.42 Å². The minimum atomic E-state index is -0.729.